The van der Waals surface area contributed by atoms with Crippen LogP contribution in [-0.4, -0.2) is 52.0 Å². The van der Waals surface area contributed by atoms with E-state index in [-0.39, 0.29) is 0 Å². The first-order valence-electron chi connectivity index (χ1n) is 8.33. The Bertz CT molecular complexity index is 830. The summed E-state index contributed by atoms with van der Waals surface area (Å²) >= 11 is 0. The van der Waals surface area contributed by atoms with Gasteiger partial charge in [0, 0.05) is 24.6 Å². The van der Waals surface area contributed by atoms with Crippen LogP contribution in [0.4, 0.5) is 17.5 Å². The minimum absolute atomic E-state index is 0.557. The summed E-state index contributed by atoms with van der Waals surface area (Å²) in [4.78, 5) is 19.9. The van der Waals surface area contributed by atoms with E-state index < -0.39 is 0 Å². The van der Waals surface area contributed by atoms with Crippen LogP contribution in [0.15, 0.2) is 36.7 Å². The maximum Gasteiger partial charge on any atom is 0.226 e. The van der Waals surface area contributed by atoms with Gasteiger partial charge in [0.25, 0.3) is 0 Å². The number of nitrogens with zero attached hydrogens (tertiary/aromatic N) is 5. The van der Waals surface area contributed by atoms with Crippen molar-refractivity contribution >= 4 is 28.6 Å². The van der Waals surface area contributed by atoms with Gasteiger partial charge in [-0.05, 0) is 46.1 Å². The standard InChI is InChI=1S/C18H23N7/c1-13-5-7-14(8-6-13)22-17-15-16(20-11-10-19-15)23-18(24-17)21-9-4-12-25(2)3/h5-8,10-11H,4,9,12H2,1-3H3,(H2,20,21,22,23,24). The molecular formula is C18H23N7. The molecule has 0 saturated carbocycles. The molecule has 0 radical (unpaired) electrons. The molecule has 1 aromatic carbocycles. The van der Waals surface area contributed by atoms with Crippen LogP contribution < -0.4 is 10.6 Å². The predicted molar refractivity (Wildman–Crippen MR) is 101 cm³/mol. The summed E-state index contributed by atoms with van der Waals surface area (Å²) in [5.41, 5.74) is 3.39. The second-order valence-electron chi connectivity index (χ2n) is 6.20. The summed E-state index contributed by atoms with van der Waals surface area (Å²) < 4.78 is 0. The average Bonchev–Trinajstić information content (AvgIpc) is 2.60. The van der Waals surface area contributed by atoms with E-state index in [4.69, 9.17) is 0 Å². The molecule has 0 saturated heterocycles. The van der Waals surface area contributed by atoms with E-state index in [1.165, 1.54) is 5.56 Å². The molecule has 0 amide bonds. The molecule has 0 bridgehead atoms. The SMILES string of the molecule is Cc1ccc(Nc2nc(NCCCN(C)C)nc3nccnc23)cc1. The lowest BCUT2D eigenvalue weighted by atomic mass is 10.2. The van der Waals surface area contributed by atoms with E-state index in [0.717, 1.165) is 25.2 Å². The second kappa shape index (κ2) is 7.85. The van der Waals surface area contributed by atoms with Crippen molar-refractivity contribution in [2.75, 3.05) is 37.8 Å². The van der Waals surface area contributed by atoms with Gasteiger partial charge in [-0.3, -0.25) is 0 Å². The fourth-order valence-corrected chi connectivity index (χ4v) is 2.40. The molecule has 3 aromatic rings. The number of fused-ring (bicyclic) bond motifs is 1. The molecule has 7 nitrogen and oxygen atoms in total. The second-order valence-corrected chi connectivity index (χ2v) is 6.20. The average molecular weight is 337 g/mol. The minimum Gasteiger partial charge on any atom is -0.354 e. The van der Waals surface area contributed by atoms with Gasteiger partial charge in [0.15, 0.2) is 17.0 Å². The Labute approximate surface area is 147 Å². The van der Waals surface area contributed by atoms with Crippen molar-refractivity contribution in [3.8, 4) is 0 Å². The lowest BCUT2D eigenvalue weighted by Gasteiger charge is -2.12. The van der Waals surface area contributed by atoms with E-state index in [1.807, 2.05) is 12.1 Å². The highest BCUT2D eigenvalue weighted by Gasteiger charge is 2.10. The van der Waals surface area contributed by atoms with Crippen LogP contribution in [0.3, 0.4) is 0 Å². The summed E-state index contributed by atoms with van der Waals surface area (Å²) in [7, 11) is 4.12. The van der Waals surface area contributed by atoms with Gasteiger partial charge >= 0.3 is 0 Å². The third kappa shape index (κ3) is 4.60. The molecule has 130 valence electrons. The molecule has 25 heavy (non-hydrogen) atoms. The van der Waals surface area contributed by atoms with Crippen molar-refractivity contribution in [1.29, 1.82) is 0 Å². The van der Waals surface area contributed by atoms with Crippen molar-refractivity contribution in [2.45, 2.75) is 13.3 Å². The van der Waals surface area contributed by atoms with Crippen LogP contribution >= 0.6 is 0 Å². The molecule has 0 aliphatic rings. The lowest BCUT2D eigenvalue weighted by molar-refractivity contribution is 0.405. The van der Waals surface area contributed by atoms with Crippen LogP contribution in [0.1, 0.15) is 12.0 Å². The number of rotatable bonds is 7. The molecule has 0 unspecified atom stereocenters. The molecule has 0 spiro atoms. The fraction of sp³-hybridized carbons (Fsp3) is 0.333. The van der Waals surface area contributed by atoms with E-state index >= 15 is 0 Å². The van der Waals surface area contributed by atoms with E-state index in [2.05, 4.69) is 68.6 Å². The van der Waals surface area contributed by atoms with Gasteiger partial charge in [-0.25, -0.2) is 9.97 Å². The van der Waals surface area contributed by atoms with Gasteiger partial charge < -0.3 is 15.5 Å². The van der Waals surface area contributed by atoms with E-state index in [1.54, 1.807) is 12.4 Å². The summed E-state index contributed by atoms with van der Waals surface area (Å²) in [6.45, 7) is 3.87. The van der Waals surface area contributed by atoms with Gasteiger partial charge in [0.05, 0.1) is 0 Å². The molecule has 0 fully saturated rings. The van der Waals surface area contributed by atoms with Crippen LogP contribution in [0.5, 0.6) is 0 Å². The number of aryl methyl sites for hydroxylation is 1. The van der Waals surface area contributed by atoms with E-state index in [0.29, 0.717) is 22.9 Å². The monoisotopic (exact) mass is 337 g/mol. The highest BCUT2D eigenvalue weighted by Crippen LogP contribution is 2.22. The zero-order chi connectivity index (χ0) is 17.6. The third-order valence-corrected chi connectivity index (χ3v) is 3.71. The number of hydrogen-bond acceptors (Lipinski definition) is 7. The van der Waals surface area contributed by atoms with Crippen LogP contribution in [-0.2, 0) is 0 Å². The third-order valence-electron chi connectivity index (χ3n) is 3.71. The van der Waals surface area contributed by atoms with Gasteiger partial charge in [-0.1, -0.05) is 17.7 Å². The summed E-state index contributed by atoms with van der Waals surface area (Å²) in [5.74, 6) is 1.21. The Balaban J connectivity index is 1.83. The highest BCUT2D eigenvalue weighted by molar-refractivity contribution is 5.85. The Morgan fingerprint density at radius 3 is 2.52 bits per heavy atom. The predicted octanol–water partition coefficient (Wildman–Crippen LogP) is 2.84. The van der Waals surface area contributed by atoms with Crippen LogP contribution in [0.25, 0.3) is 11.2 Å². The molecule has 0 aliphatic heterocycles. The molecule has 2 aromatic heterocycles. The van der Waals surface area contributed by atoms with Gasteiger partial charge in [-0.2, -0.15) is 9.97 Å². The Hall–Kier alpha value is -2.80. The number of nitrogens with one attached hydrogen (secondary N) is 2. The summed E-state index contributed by atoms with van der Waals surface area (Å²) in [5, 5.41) is 6.59. The molecular weight excluding hydrogens is 314 g/mol. The fourth-order valence-electron chi connectivity index (χ4n) is 2.40. The first-order valence-corrected chi connectivity index (χ1v) is 8.33. The van der Waals surface area contributed by atoms with Crippen molar-refractivity contribution in [1.82, 2.24) is 24.8 Å². The summed E-state index contributed by atoms with van der Waals surface area (Å²) in [6.07, 6.45) is 4.30. The smallest absolute Gasteiger partial charge is 0.226 e. The highest BCUT2D eigenvalue weighted by atomic mass is 15.2. The van der Waals surface area contributed by atoms with Crippen LogP contribution in [0.2, 0.25) is 0 Å². The van der Waals surface area contributed by atoms with Gasteiger partial charge in [0.1, 0.15) is 0 Å². The van der Waals surface area contributed by atoms with Crippen molar-refractivity contribution in [3.05, 3.63) is 42.2 Å². The largest absolute Gasteiger partial charge is 0.354 e. The van der Waals surface area contributed by atoms with Crippen molar-refractivity contribution in [3.63, 3.8) is 0 Å². The van der Waals surface area contributed by atoms with Gasteiger partial charge in [-0.15, -0.1) is 0 Å². The van der Waals surface area contributed by atoms with E-state index in [9.17, 15) is 0 Å². The molecule has 7 heteroatoms. The zero-order valence-electron chi connectivity index (χ0n) is 14.8. The first-order chi connectivity index (χ1) is 12.1. The topological polar surface area (TPSA) is 78.9 Å². The zero-order valence-corrected chi connectivity index (χ0v) is 14.8. The maximum atomic E-state index is 4.59. The number of anilines is 3. The molecule has 2 N–H and O–H groups in total. The maximum absolute atomic E-state index is 4.59. The number of hydrogen-bond donors (Lipinski definition) is 2. The Morgan fingerprint density at radius 2 is 1.76 bits per heavy atom. The Morgan fingerprint density at radius 1 is 1.00 bits per heavy atom. The number of aromatic nitrogens is 4. The van der Waals surface area contributed by atoms with Crippen molar-refractivity contribution < 1.29 is 0 Å². The lowest BCUT2D eigenvalue weighted by Crippen LogP contribution is -2.17. The van der Waals surface area contributed by atoms with Crippen molar-refractivity contribution in [2.24, 2.45) is 0 Å². The van der Waals surface area contributed by atoms with Crippen LogP contribution in [0, 0.1) is 6.92 Å². The molecule has 3 rings (SSSR count). The quantitative estimate of drug-likeness (QED) is 0.642. The Kier molecular flexibility index (Phi) is 5.35. The number of benzene rings is 1. The van der Waals surface area contributed by atoms with Gasteiger partial charge in [0.2, 0.25) is 5.95 Å². The molecule has 2 heterocycles. The molecule has 0 atom stereocenters. The first kappa shape index (κ1) is 17.0. The summed E-state index contributed by atoms with van der Waals surface area (Å²) in [6, 6.07) is 8.14. The molecule has 0 aliphatic carbocycles. The minimum atomic E-state index is 0.557. The normalized spacial score (nSPS) is 11.0.